The zero-order valence-electron chi connectivity index (χ0n) is 12.9. The van der Waals surface area contributed by atoms with Gasteiger partial charge in [0, 0.05) is 16.5 Å². The van der Waals surface area contributed by atoms with Crippen LogP contribution in [0.4, 0.5) is 13.2 Å². The van der Waals surface area contributed by atoms with Crippen molar-refractivity contribution in [3.8, 4) is 10.6 Å². The van der Waals surface area contributed by atoms with Gasteiger partial charge >= 0.3 is 6.18 Å². The molecule has 0 fully saturated rings. The van der Waals surface area contributed by atoms with E-state index in [1.165, 1.54) is 23.5 Å². The van der Waals surface area contributed by atoms with Crippen molar-refractivity contribution < 1.29 is 18.0 Å². The highest BCUT2D eigenvalue weighted by Crippen LogP contribution is 2.29. The summed E-state index contributed by atoms with van der Waals surface area (Å²) < 4.78 is 38.1. The van der Waals surface area contributed by atoms with Gasteiger partial charge in [-0.05, 0) is 18.2 Å². The number of thiazole rings is 1. The third-order valence-corrected chi connectivity index (χ3v) is 4.39. The van der Waals surface area contributed by atoms with Crippen LogP contribution in [0, 0.1) is 0 Å². The Hall–Kier alpha value is -2.67. The van der Waals surface area contributed by atoms with Crippen LogP contribution in [0.5, 0.6) is 0 Å². The molecule has 0 unspecified atom stereocenters. The number of aromatic nitrogens is 1. The summed E-state index contributed by atoms with van der Waals surface area (Å²) in [5.41, 5.74) is 0.751. The van der Waals surface area contributed by atoms with Gasteiger partial charge < -0.3 is 5.32 Å². The van der Waals surface area contributed by atoms with Crippen molar-refractivity contribution in [3.63, 3.8) is 0 Å². The van der Waals surface area contributed by atoms with Crippen molar-refractivity contribution >= 4 is 17.2 Å². The smallest absolute Gasteiger partial charge is 0.346 e. The summed E-state index contributed by atoms with van der Waals surface area (Å²) in [4.78, 5) is 16.5. The van der Waals surface area contributed by atoms with Gasteiger partial charge in [0.2, 0.25) is 0 Å². The zero-order chi connectivity index (χ0) is 17.9. The number of amides is 1. The highest BCUT2D eigenvalue weighted by Gasteiger charge is 2.30. The maximum Gasteiger partial charge on any atom is 0.416 e. The molecule has 0 aliphatic heterocycles. The summed E-state index contributed by atoms with van der Waals surface area (Å²) in [5.74, 6) is -0.569. The summed E-state index contributed by atoms with van der Waals surface area (Å²) in [5, 5.41) is 5.23. The molecule has 1 aromatic heterocycles. The normalized spacial score (nSPS) is 11.3. The molecule has 0 saturated heterocycles. The van der Waals surface area contributed by atoms with Crippen LogP contribution in [0.2, 0.25) is 0 Å². The molecule has 0 atom stereocenters. The Morgan fingerprint density at radius 2 is 1.84 bits per heavy atom. The summed E-state index contributed by atoms with van der Waals surface area (Å²) in [6.07, 6.45) is -4.48. The molecule has 3 nitrogen and oxygen atoms in total. The number of carbonyl (C=O) groups excluding carboxylic acids is 1. The molecule has 25 heavy (non-hydrogen) atoms. The Morgan fingerprint density at radius 3 is 2.56 bits per heavy atom. The van der Waals surface area contributed by atoms with Crippen LogP contribution in [0.1, 0.15) is 21.6 Å². The van der Waals surface area contributed by atoms with Gasteiger partial charge in [0.25, 0.3) is 5.91 Å². The van der Waals surface area contributed by atoms with E-state index in [4.69, 9.17) is 0 Å². The van der Waals surface area contributed by atoms with Crippen molar-refractivity contribution in [3.05, 3.63) is 76.8 Å². The highest BCUT2D eigenvalue weighted by molar-refractivity contribution is 7.13. The summed E-state index contributed by atoms with van der Waals surface area (Å²) >= 11 is 1.44. The Morgan fingerprint density at radius 1 is 1.08 bits per heavy atom. The van der Waals surface area contributed by atoms with Gasteiger partial charge in [0.1, 0.15) is 5.01 Å². The third kappa shape index (κ3) is 4.24. The van der Waals surface area contributed by atoms with E-state index in [1.807, 2.05) is 35.7 Å². The fraction of sp³-hybridized carbons (Fsp3) is 0.111. The second kappa shape index (κ2) is 7.06. The molecule has 1 amide bonds. The van der Waals surface area contributed by atoms with Crippen LogP contribution in [-0.2, 0) is 12.7 Å². The number of alkyl halides is 3. The lowest BCUT2D eigenvalue weighted by atomic mass is 10.1. The minimum atomic E-state index is -4.48. The lowest BCUT2D eigenvalue weighted by Crippen LogP contribution is -2.23. The van der Waals surface area contributed by atoms with Crippen molar-refractivity contribution in [1.82, 2.24) is 10.3 Å². The quantitative estimate of drug-likeness (QED) is 0.727. The average Bonchev–Trinajstić information content (AvgIpc) is 3.09. The van der Waals surface area contributed by atoms with Crippen molar-refractivity contribution in [2.75, 3.05) is 0 Å². The Bertz CT molecular complexity index is 875. The molecule has 3 rings (SSSR count). The molecule has 0 aliphatic rings. The molecule has 2 aromatic carbocycles. The molecule has 0 spiro atoms. The van der Waals surface area contributed by atoms with E-state index in [0.717, 1.165) is 22.7 Å². The van der Waals surface area contributed by atoms with E-state index in [0.29, 0.717) is 5.69 Å². The van der Waals surface area contributed by atoms with E-state index in [1.54, 1.807) is 0 Å². The number of nitrogens with one attached hydrogen (secondary N) is 1. The van der Waals surface area contributed by atoms with Gasteiger partial charge in [-0.3, -0.25) is 4.79 Å². The van der Waals surface area contributed by atoms with Crippen molar-refractivity contribution in [1.29, 1.82) is 0 Å². The minimum Gasteiger partial charge on any atom is -0.346 e. The molecule has 1 N–H and O–H groups in total. The van der Waals surface area contributed by atoms with Crippen LogP contribution < -0.4 is 5.32 Å². The molecule has 0 radical (unpaired) electrons. The summed E-state index contributed by atoms with van der Waals surface area (Å²) in [6, 6.07) is 13.9. The molecule has 7 heteroatoms. The van der Waals surface area contributed by atoms with Crippen LogP contribution in [-0.4, -0.2) is 10.9 Å². The van der Waals surface area contributed by atoms with Gasteiger partial charge in [0.05, 0.1) is 17.8 Å². The van der Waals surface area contributed by atoms with Crippen LogP contribution in [0.25, 0.3) is 10.6 Å². The molecule has 0 bridgehead atoms. The fourth-order valence-corrected chi connectivity index (χ4v) is 3.04. The first kappa shape index (κ1) is 17.2. The molecule has 1 heterocycles. The zero-order valence-corrected chi connectivity index (χ0v) is 13.7. The maximum absolute atomic E-state index is 12.7. The molecular weight excluding hydrogens is 349 g/mol. The van der Waals surface area contributed by atoms with E-state index in [9.17, 15) is 18.0 Å². The Labute approximate surface area is 146 Å². The largest absolute Gasteiger partial charge is 0.416 e. The van der Waals surface area contributed by atoms with Gasteiger partial charge in [-0.2, -0.15) is 13.2 Å². The number of nitrogens with zero attached hydrogens (tertiary/aromatic N) is 1. The second-order valence-electron chi connectivity index (χ2n) is 5.27. The van der Waals surface area contributed by atoms with E-state index in [-0.39, 0.29) is 12.1 Å². The first-order chi connectivity index (χ1) is 11.9. The number of rotatable bonds is 4. The maximum atomic E-state index is 12.7. The second-order valence-corrected chi connectivity index (χ2v) is 6.13. The summed E-state index contributed by atoms with van der Waals surface area (Å²) in [7, 11) is 0. The number of halogens is 3. The van der Waals surface area contributed by atoms with Crippen LogP contribution >= 0.6 is 11.3 Å². The molecule has 3 aromatic rings. The standard InChI is InChI=1S/C18H13F3N2OS/c19-18(20,21)14-8-4-7-13(9-14)16(24)22-10-15-11-25-17(23-15)12-5-2-1-3-6-12/h1-9,11H,10H2,(H,22,24). The SMILES string of the molecule is O=C(NCc1csc(-c2ccccc2)n1)c1cccc(C(F)(F)F)c1. The lowest BCUT2D eigenvalue weighted by molar-refractivity contribution is -0.137. The van der Waals surface area contributed by atoms with Gasteiger partial charge in [-0.1, -0.05) is 36.4 Å². The lowest BCUT2D eigenvalue weighted by Gasteiger charge is -2.08. The predicted molar refractivity (Wildman–Crippen MR) is 90.2 cm³/mol. The molecule has 128 valence electrons. The monoisotopic (exact) mass is 362 g/mol. The fourth-order valence-electron chi connectivity index (χ4n) is 2.21. The van der Waals surface area contributed by atoms with Crippen molar-refractivity contribution in [2.45, 2.75) is 12.7 Å². The molecule has 0 aliphatic carbocycles. The average molecular weight is 362 g/mol. The topological polar surface area (TPSA) is 42.0 Å². The van der Waals surface area contributed by atoms with Crippen LogP contribution in [0.15, 0.2) is 60.0 Å². The number of benzene rings is 2. The molecular formula is C18H13F3N2OS. The van der Waals surface area contributed by atoms with E-state index in [2.05, 4.69) is 10.3 Å². The number of hydrogen-bond acceptors (Lipinski definition) is 3. The van der Waals surface area contributed by atoms with Gasteiger partial charge in [-0.25, -0.2) is 4.98 Å². The van der Waals surface area contributed by atoms with Crippen molar-refractivity contribution in [2.24, 2.45) is 0 Å². The van der Waals surface area contributed by atoms with Gasteiger partial charge in [0.15, 0.2) is 0 Å². The van der Waals surface area contributed by atoms with Gasteiger partial charge in [-0.15, -0.1) is 11.3 Å². The highest BCUT2D eigenvalue weighted by atomic mass is 32.1. The van der Waals surface area contributed by atoms with E-state index >= 15 is 0 Å². The van der Waals surface area contributed by atoms with E-state index < -0.39 is 17.6 Å². The number of hydrogen-bond donors (Lipinski definition) is 1. The summed E-state index contributed by atoms with van der Waals surface area (Å²) in [6.45, 7) is 0.151. The predicted octanol–water partition coefficient (Wildman–Crippen LogP) is 4.76. The third-order valence-electron chi connectivity index (χ3n) is 3.45. The first-order valence-corrected chi connectivity index (χ1v) is 8.27. The first-order valence-electron chi connectivity index (χ1n) is 7.39. The number of carbonyl (C=O) groups is 1. The molecule has 0 saturated carbocycles. The minimum absolute atomic E-state index is 0.0339. The Kier molecular flexibility index (Phi) is 4.85. The Balaban J connectivity index is 1.66. The van der Waals surface area contributed by atoms with Crippen LogP contribution in [0.3, 0.4) is 0 Å².